The van der Waals surface area contributed by atoms with Gasteiger partial charge in [0.1, 0.15) is 5.60 Å². The van der Waals surface area contributed by atoms with Crippen LogP contribution >= 0.6 is 0 Å². The van der Waals surface area contributed by atoms with E-state index in [1.54, 1.807) is 0 Å². The van der Waals surface area contributed by atoms with E-state index in [1.165, 1.54) is 22.4 Å². The van der Waals surface area contributed by atoms with Gasteiger partial charge in [-0.25, -0.2) is 4.79 Å². The number of rotatable bonds is 2. The third-order valence-electron chi connectivity index (χ3n) is 5.32. The summed E-state index contributed by atoms with van der Waals surface area (Å²) in [6.45, 7) is 9.07. The van der Waals surface area contributed by atoms with Gasteiger partial charge in [0, 0.05) is 37.8 Å². The number of anilines is 1. The second-order valence-electron chi connectivity index (χ2n) is 8.59. The van der Waals surface area contributed by atoms with Gasteiger partial charge in [-0.1, -0.05) is 42.5 Å². The minimum Gasteiger partial charge on any atom is -0.444 e. The van der Waals surface area contributed by atoms with Crippen LogP contribution in [0, 0.1) is 0 Å². The van der Waals surface area contributed by atoms with Gasteiger partial charge in [0.2, 0.25) is 0 Å². The van der Waals surface area contributed by atoms with Crippen LogP contribution < -0.4 is 4.90 Å². The monoisotopic (exact) mass is 364 g/mol. The molecule has 2 heterocycles. The van der Waals surface area contributed by atoms with Crippen molar-refractivity contribution in [3.8, 4) is 0 Å². The molecule has 142 valence electrons. The summed E-state index contributed by atoms with van der Waals surface area (Å²) in [4.78, 5) is 17.0. The Bertz CT molecular complexity index is 826. The van der Waals surface area contributed by atoms with Crippen molar-refractivity contribution in [2.75, 3.05) is 24.5 Å². The van der Waals surface area contributed by atoms with Crippen LogP contribution in [0.4, 0.5) is 10.5 Å². The van der Waals surface area contributed by atoms with Crippen molar-refractivity contribution in [3.63, 3.8) is 0 Å². The van der Waals surface area contributed by atoms with Gasteiger partial charge in [-0.3, -0.25) is 0 Å². The van der Waals surface area contributed by atoms with E-state index < -0.39 is 5.60 Å². The molecule has 0 saturated heterocycles. The molecule has 2 aliphatic heterocycles. The zero-order valence-electron chi connectivity index (χ0n) is 16.4. The van der Waals surface area contributed by atoms with Gasteiger partial charge in [0.25, 0.3) is 0 Å². The molecule has 0 spiro atoms. The third-order valence-corrected chi connectivity index (χ3v) is 5.32. The number of carbonyl (C=O) groups is 1. The first-order valence-electron chi connectivity index (χ1n) is 9.79. The molecule has 1 atom stereocenters. The van der Waals surface area contributed by atoms with Crippen molar-refractivity contribution in [2.45, 2.75) is 45.3 Å². The molecule has 0 fully saturated rings. The average Bonchev–Trinajstić information content (AvgIpc) is 2.84. The third kappa shape index (κ3) is 3.80. The molecule has 2 aliphatic rings. The van der Waals surface area contributed by atoms with Crippen LogP contribution in [0.5, 0.6) is 0 Å². The van der Waals surface area contributed by atoms with Crippen molar-refractivity contribution >= 4 is 11.8 Å². The number of hydrogen-bond acceptors (Lipinski definition) is 3. The van der Waals surface area contributed by atoms with Crippen LogP contribution in [0.3, 0.4) is 0 Å². The molecule has 1 amide bonds. The number of nitrogens with zero attached hydrogens (tertiary/aromatic N) is 2. The van der Waals surface area contributed by atoms with Gasteiger partial charge in [-0.15, -0.1) is 0 Å². The second-order valence-corrected chi connectivity index (χ2v) is 8.59. The molecule has 0 saturated carbocycles. The van der Waals surface area contributed by atoms with Crippen LogP contribution in [0.2, 0.25) is 0 Å². The zero-order chi connectivity index (χ0) is 19.0. The van der Waals surface area contributed by atoms with Crippen LogP contribution in [0.25, 0.3) is 0 Å². The summed E-state index contributed by atoms with van der Waals surface area (Å²) in [5, 5.41) is 0. The normalized spacial score (nSPS) is 18.9. The fraction of sp³-hybridized carbons (Fsp3) is 0.435. The lowest BCUT2D eigenvalue weighted by Gasteiger charge is -2.28. The first kappa shape index (κ1) is 17.9. The van der Waals surface area contributed by atoms with Crippen LogP contribution in [-0.4, -0.2) is 36.2 Å². The summed E-state index contributed by atoms with van der Waals surface area (Å²) >= 11 is 0. The highest BCUT2D eigenvalue weighted by Gasteiger charge is 2.36. The van der Waals surface area contributed by atoms with Gasteiger partial charge in [0.15, 0.2) is 0 Å². The number of hydrogen-bond donors (Lipinski definition) is 0. The van der Waals surface area contributed by atoms with Crippen molar-refractivity contribution in [1.82, 2.24) is 4.90 Å². The summed E-state index contributed by atoms with van der Waals surface area (Å²) in [6, 6.07) is 17.2. The van der Waals surface area contributed by atoms with E-state index in [4.69, 9.17) is 4.74 Å². The van der Waals surface area contributed by atoms with Crippen molar-refractivity contribution in [2.24, 2.45) is 0 Å². The predicted octanol–water partition coefficient (Wildman–Crippen LogP) is 4.58. The number of carbonyl (C=O) groups excluding carboxylic acids is 1. The molecule has 0 radical (unpaired) electrons. The van der Waals surface area contributed by atoms with Gasteiger partial charge < -0.3 is 14.5 Å². The van der Waals surface area contributed by atoms with Crippen molar-refractivity contribution in [1.29, 1.82) is 0 Å². The maximum atomic E-state index is 12.7. The first-order chi connectivity index (χ1) is 12.9. The van der Waals surface area contributed by atoms with E-state index in [1.807, 2.05) is 25.7 Å². The lowest BCUT2D eigenvalue weighted by molar-refractivity contribution is 0.0247. The summed E-state index contributed by atoms with van der Waals surface area (Å²) in [6.07, 6.45) is 0.691. The standard InChI is InChI=1S/C23H28N2O2/c1-23(2,3)27-22(26)24-13-12-18-10-7-11-20-21(18)19(15-24)16-25(20)14-17-8-5-4-6-9-17/h4-11,19H,12-16H2,1-3H3. The topological polar surface area (TPSA) is 32.8 Å². The zero-order valence-corrected chi connectivity index (χ0v) is 16.4. The van der Waals surface area contributed by atoms with E-state index in [0.717, 1.165) is 32.6 Å². The quantitative estimate of drug-likeness (QED) is 0.782. The second kappa shape index (κ2) is 6.91. The Morgan fingerprint density at radius 3 is 2.59 bits per heavy atom. The highest BCUT2D eigenvalue weighted by molar-refractivity contribution is 5.70. The Kier molecular flexibility index (Phi) is 4.58. The molecule has 2 aromatic rings. The highest BCUT2D eigenvalue weighted by atomic mass is 16.6. The average molecular weight is 364 g/mol. The van der Waals surface area contributed by atoms with Gasteiger partial charge in [-0.05, 0) is 49.9 Å². The van der Waals surface area contributed by atoms with Gasteiger partial charge in [-0.2, -0.15) is 0 Å². The first-order valence-corrected chi connectivity index (χ1v) is 9.79. The van der Waals surface area contributed by atoms with E-state index in [2.05, 4.69) is 53.4 Å². The summed E-state index contributed by atoms with van der Waals surface area (Å²) in [7, 11) is 0. The maximum absolute atomic E-state index is 12.7. The largest absolute Gasteiger partial charge is 0.444 e. The van der Waals surface area contributed by atoms with Crippen molar-refractivity contribution in [3.05, 3.63) is 65.2 Å². The van der Waals surface area contributed by atoms with Crippen molar-refractivity contribution < 1.29 is 9.53 Å². The Labute approximate surface area is 161 Å². The SMILES string of the molecule is CC(C)(C)OC(=O)N1CCc2cccc3c2C(C1)CN3Cc1ccccc1. The molecule has 4 heteroatoms. The molecule has 0 aliphatic carbocycles. The van der Waals surface area contributed by atoms with E-state index in [0.29, 0.717) is 5.92 Å². The molecule has 0 aromatic heterocycles. The van der Waals surface area contributed by atoms with Gasteiger partial charge >= 0.3 is 6.09 Å². The Balaban J connectivity index is 1.57. The van der Waals surface area contributed by atoms with E-state index in [9.17, 15) is 4.79 Å². The molecular formula is C23H28N2O2. The molecule has 0 bridgehead atoms. The lowest BCUT2D eigenvalue weighted by Crippen LogP contribution is -2.40. The molecular weight excluding hydrogens is 336 g/mol. The number of benzene rings is 2. The minimum absolute atomic E-state index is 0.196. The molecule has 4 rings (SSSR count). The lowest BCUT2D eigenvalue weighted by atomic mass is 9.96. The highest BCUT2D eigenvalue weighted by Crippen LogP contribution is 2.41. The van der Waals surface area contributed by atoms with Crippen LogP contribution in [-0.2, 0) is 17.7 Å². The number of ether oxygens (including phenoxy) is 1. The fourth-order valence-corrected chi connectivity index (χ4v) is 4.23. The summed E-state index contributed by atoms with van der Waals surface area (Å²) in [5.74, 6) is 0.343. The molecule has 1 unspecified atom stereocenters. The van der Waals surface area contributed by atoms with E-state index >= 15 is 0 Å². The van der Waals surface area contributed by atoms with Gasteiger partial charge in [0.05, 0.1) is 0 Å². The number of amides is 1. The van der Waals surface area contributed by atoms with E-state index in [-0.39, 0.29) is 6.09 Å². The Morgan fingerprint density at radius 1 is 1.07 bits per heavy atom. The predicted molar refractivity (Wildman–Crippen MR) is 108 cm³/mol. The fourth-order valence-electron chi connectivity index (χ4n) is 4.23. The maximum Gasteiger partial charge on any atom is 0.410 e. The molecule has 0 N–H and O–H groups in total. The minimum atomic E-state index is -0.462. The molecule has 27 heavy (non-hydrogen) atoms. The van der Waals surface area contributed by atoms with Crippen LogP contribution in [0.15, 0.2) is 48.5 Å². The smallest absolute Gasteiger partial charge is 0.410 e. The Hall–Kier alpha value is -2.49. The molecule has 4 nitrogen and oxygen atoms in total. The van der Waals surface area contributed by atoms with Crippen LogP contribution in [0.1, 0.15) is 43.4 Å². The molecule has 2 aromatic carbocycles. The Morgan fingerprint density at radius 2 is 1.85 bits per heavy atom. The summed E-state index contributed by atoms with van der Waals surface area (Å²) in [5.41, 5.74) is 4.98. The summed E-state index contributed by atoms with van der Waals surface area (Å²) < 4.78 is 5.64.